The molecule has 0 saturated carbocycles. The molecule has 2 aromatic heterocycles. The van der Waals surface area contributed by atoms with Gasteiger partial charge in [0.2, 0.25) is 17.6 Å². The van der Waals surface area contributed by atoms with Gasteiger partial charge in [-0.3, -0.25) is 14.7 Å². The van der Waals surface area contributed by atoms with Crippen LogP contribution in [0, 0.1) is 0 Å². The normalized spacial score (nSPS) is 20.2. The maximum atomic E-state index is 12.8. The van der Waals surface area contributed by atoms with E-state index < -0.39 is 0 Å². The van der Waals surface area contributed by atoms with Gasteiger partial charge in [-0.1, -0.05) is 11.2 Å². The first-order chi connectivity index (χ1) is 13.7. The van der Waals surface area contributed by atoms with Crippen LogP contribution in [0.25, 0.3) is 11.5 Å². The van der Waals surface area contributed by atoms with Crippen LogP contribution in [0.3, 0.4) is 0 Å². The van der Waals surface area contributed by atoms with Crippen molar-refractivity contribution in [1.82, 2.24) is 24.9 Å². The lowest BCUT2D eigenvalue weighted by Gasteiger charge is -2.43. The zero-order valence-electron chi connectivity index (χ0n) is 16.3. The van der Waals surface area contributed by atoms with Gasteiger partial charge in [0.15, 0.2) is 0 Å². The molecule has 0 radical (unpaired) electrons. The Morgan fingerprint density at radius 1 is 1.18 bits per heavy atom. The summed E-state index contributed by atoms with van der Waals surface area (Å²) in [5.74, 6) is 1.08. The molecule has 4 heterocycles. The van der Waals surface area contributed by atoms with Crippen LogP contribution < -0.4 is 0 Å². The second-order valence-corrected chi connectivity index (χ2v) is 7.62. The van der Waals surface area contributed by atoms with Crippen molar-refractivity contribution >= 4 is 5.91 Å². The molecule has 8 nitrogen and oxygen atoms in total. The lowest BCUT2D eigenvalue weighted by Crippen LogP contribution is -2.50. The molecule has 0 unspecified atom stereocenters. The number of carbonyl (C=O) groups excluding carboxylic acids is 1. The molecule has 0 N–H and O–H groups in total. The van der Waals surface area contributed by atoms with Crippen molar-refractivity contribution in [2.45, 2.75) is 37.6 Å². The average molecular weight is 385 g/mol. The number of amides is 1. The first-order valence-corrected chi connectivity index (χ1v) is 9.97. The molecule has 28 heavy (non-hydrogen) atoms. The van der Waals surface area contributed by atoms with Crippen molar-refractivity contribution in [3.05, 3.63) is 30.3 Å². The van der Waals surface area contributed by atoms with Crippen LogP contribution in [0.15, 0.2) is 28.9 Å². The van der Waals surface area contributed by atoms with Gasteiger partial charge < -0.3 is 14.2 Å². The number of hydrogen-bond acceptors (Lipinski definition) is 7. The van der Waals surface area contributed by atoms with E-state index in [9.17, 15) is 4.79 Å². The number of hydrogen-bond donors (Lipinski definition) is 0. The number of carbonyl (C=O) groups is 1. The van der Waals surface area contributed by atoms with Crippen LogP contribution in [0.2, 0.25) is 0 Å². The Hall–Kier alpha value is -2.32. The van der Waals surface area contributed by atoms with Crippen LogP contribution in [0.4, 0.5) is 0 Å². The number of ether oxygens (including phenoxy) is 1. The third kappa shape index (κ3) is 4.07. The van der Waals surface area contributed by atoms with E-state index in [1.54, 1.807) is 6.20 Å². The third-order valence-corrected chi connectivity index (χ3v) is 6.05. The van der Waals surface area contributed by atoms with Crippen molar-refractivity contribution in [2.75, 3.05) is 39.9 Å². The molecule has 2 aromatic rings. The van der Waals surface area contributed by atoms with Crippen molar-refractivity contribution in [1.29, 1.82) is 0 Å². The zero-order chi connectivity index (χ0) is 19.4. The van der Waals surface area contributed by atoms with Gasteiger partial charge in [0, 0.05) is 57.4 Å². The van der Waals surface area contributed by atoms with Crippen LogP contribution in [0.5, 0.6) is 0 Å². The van der Waals surface area contributed by atoms with E-state index in [0.29, 0.717) is 30.3 Å². The highest BCUT2D eigenvalue weighted by atomic mass is 16.5. The van der Waals surface area contributed by atoms with Gasteiger partial charge in [-0.2, -0.15) is 4.98 Å². The van der Waals surface area contributed by atoms with E-state index in [1.807, 2.05) is 23.1 Å². The second-order valence-electron chi connectivity index (χ2n) is 7.62. The summed E-state index contributed by atoms with van der Waals surface area (Å²) in [6.45, 7) is 4.09. The third-order valence-electron chi connectivity index (χ3n) is 6.05. The van der Waals surface area contributed by atoms with E-state index in [-0.39, 0.29) is 11.4 Å². The van der Waals surface area contributed by atoms with E-state index in [1.165, 1.54) is 0 Å². The maximum Gasteiger partial charge on any atom is 0.227 e. The summed E-state index contributed by atoms with van der Waals surface area (Å²) in [5, 5.41) is 3.97. The Labute approximate surface area is 164 Å². The molecule has 1 amide bonds. The molecule has 4 rings (SSSR count). The largest absolute Gasteiger partial charge is 0.381 e. The standard InChI is InChI=1S/C20H27N5O3/c1-24-12-13-25(11-7-20(24)8-14-27-15-9-20)18(26)6-5-17-22-19(23-28-17)16-4-2-3-10-21-16/h2-4,10H,5-9,11-15H2,1H3. The Bertz CT molecular complexity index is 788. The number of pyridine rings is 1. The highest BCUT2D eigenvalue weighted by molar-refractivity contribution is 5.76. The van der Waals surface area contributed by atoms with Crippen LogP contribution in [0.1, 0.15) is 31.6 Å². The fourth-order valence-corrected chi connectivity index (χ4v) is 4.11. The monoisotopic (exact) mass is 385 g/mol. The van der Waals surface area contributed by atoms with Crippen molar-refractivity contribution in [2.24, 2.45) is 0 Å². The molecule has 0 aromatic carbocycles. The van der Waals surface area contributed by atoms with Gasteiger partial charge in [-0.05, 0) is 38.4 Å². The van der Waals surface area contributed by atoms with Crippen molar-refractivity contribution < 1.29 is 14.1 Å². The van der Waals surface area contributed by atoms with Crippen molar-refractivity contribution in [3.63, 3.8) is 0 Å². The van der Waals surface area contributed by atoms with Gasteiger partial charge in [0.1, 0.15) is 5.69 Å². The molecule has 0 bridgehead atoms. The van der Waals surface area contributed by atoms with Crippen LogP contribution in [-0.2, 0) is 16.0 Å². The molecule has 0 aliphatic carbocycles. The number of nitrogens with zero attached hydrogens (tertiary/aromatic N) is 5. The quantitative estimate of drug-likeness (QED) is 0.793. The summed E-state index contributed by atoms with van der Waals surface area (Å²) >= 11 is 0. The Balaban J connectivity index is 1.32. The highest BCUT2D eigenvalue weighted by Gasteiger charge is 2.39. The SMILES string of the molecule is CN1CCN(C(=O)CCc2nc(-c3ccccn3)no2)CCC12CCOCC2. The molecule has 1 spiro atoms. The second kappa shape index (κ2) is 8.36. The Morgan fingerprint density at radius 2 is 2.04 bits per heavy atom. The summed E-state index contributed by atoms with van der Waals surface area (Å²) < 4.78 is 10.8. The van der Waals surface area contributed by atoms with Crippen LogP contribution in [-0.4, -0.2) is 76.3 Å². The topological polar surface area (TPSA) is 84.6 Å². The van der Waals surface area contributed by atoms with Crippen molar-refractivity contribution in [3.8, 4) is 11.5 Å². The highest BCUT2D eigenvalue weighted by Crippen LogP contribution is 2.32. The Kier molecular flexibility index (Phi) is 5.68. The average Bonchev–Trinajstić information content (AvgIpc) is 3.16. The van der Waals surface area contributed by atoms with E-state index in [0.717, 1.165) is 52.1 Å². The van der Waals surface area contributed by atoms with Crippen LogP contribution >= 0.6 is 0 Å². The fourth-order valence-electron chi connectivity index (χ4n) is 4.11. The minimum atomic E-state index is 0.148. The van der Waals surface area contributed by atoms with Gasteiger partial charge in [0.25, 0.3) is 0 Å². The summed E-state index contributed by atoms with van der Waals surface area (Å²) in [4.78, 5) is 25.8. The number of aromatic nitrogens is 3. The molecule has 2 aliphatic heterocycles. The first kappa shape index (κ1) is 19.0. The summed E-state index contributed by atoms with van der Waals surface area (Å²) in [6.07, 6.45) is 5.61. The van der Waals surface area contributed by atoms with Gasteiger partial charge in [0.05, 0.1) is 0 Å². The molecular weight excluding hydrogens is 358 g/mol. The molecule has 2 saturated heterocycles. The molecule has 2 fully saturated rings. The molecule has 0 atom stereocenters. The lowest BCUT2D eigenvalue weighted by molar-refractivity contribution is -0.131. The predicted octanol–water partition coefficient (Wildman–Crippen LogP) is 1.78. The summed E-state index contributed by atoms with van der Waals surface area (Å²) in [5.41, 5.74) is 0.846. The minimum Gasteiger partial charge on any atom is -0.381 e. The lowest BCUT2D eigenvalue weighted by atomic mass is 9.85. The minimum absolute atomic E-state index is 0.148. The Morgan fingerprint density at radius 3 is 2.82 bits per heavy atom. The smallest absolute Gasteiger partial charge is 0.227 e. The molecule has 2 aliphatic rings. The van der Waals surface area contributed by atoms with E-state index in [2.05, 4.69) is 27.1 Å². The maximum absolute atomic E-state index is 12.8. The zero-order valence-corrected chi connectivity index (χ0v) is 16.3. The fraction of sp³-hybridized carbons (Fsp3) is 0.600. The predicted molar refractivity (Wildman–Crippen MR) is 102 cm³/mol. The molecule has 8 heteroatoms. The number of likely N-dealkylation sites (N-methyl/N-ethyl adjacent to an activating group) is 1. The molecule has 150 valence electrons. The first-order valence-electron chi connectivity index (χ1n) is 9.97. The summed E-state index contributed by atoms with van der Waals surface area (Å²) in [6, 6.07) is 5.55. The number of aryl methyl sites for hydroxylation is 1. The number of rotatable bonds is 4. The van der Waals surface area contributed by atoms with Gasteiger partial charge in [-0.25, -0.2) is 0 Å². The summed E-state index contributed by atoms with van der Waals surface area (Å²) in [7, 11) is 2.18. The van der Waals surface area contributed by atoms with Gasteiger partial charge >= 0.3 is 0 Å². The van der Waals surface area contributed by atoms with E-state index >= 15 is 0 Å². The van der Waals surface area contributed by atoms with Gasteiger partial charge in [-0.15, -0.1) is 0 Å². The van der Waals surface area contributed by atoms with E-state index in [4.69, 9.17) is 9.26 Å². The molecular formula is C20H27N5O3.